The van der Waals surface area contributed by atoms with Gasteiger partial charge in [0.15, 0.2) is 0 Å². The van der Waals surface area contributed by atoms with E-state index in [1.54, 1.807) is 4.90 Å². The van der Waals surface area contributed by atoms with Crippen molar-refractivity contribution in [3.8, 4) is 0 Å². The summed E-state index contributed by atoms with van der Waals surface area (Å²) in [6, 6.07) is 6.21. The summed E-state index contributed by atoms with van der Waals surface area (Å²) in [6.45, 7) is 7.36. The summed E-state index contributed by atoms with van der Waals surface area (Å²) in [6.07, 6.45) is 0.949. The number of carbonyl (C=O) groups is 1. The Hall–Kier alpha value is -1.35. The lowest BCUT2D eigenvalue weighted by atomic mass is 9.95. The average molecular weight is 261 g/mol. The Balaban J connectivity index is 2.03. The van der Waals surface area contributed by atoms with E-state index in [0.29, 0.717) is 18.9 Å². The number of hydrogen-bond acceptors (Lipinski definition) is 2. The molecule has 1 aliphatic heterocycles. The van der Waals surface area contributed by atoms with Crippen molar-refractivity contribution in [3.63, 3.8) is 0 Å². The van der Waals surface area contributed by atoms with E-state index in [0.717, 1.165) is 24.1 Å². The average Bonchev–Trinajstić information content (AvgIpc) is 2.37. The topological polar surface area (TPSA) is 40.5 Å². The van der Waals surface area contributed by atoms with Gasteiger partial charge in [-0.25, -0.2) is 0 Å². The maximum absolute atomic E-state index is 12.3. The van der Waals surface area contributed by atoms with Crippen molar-refractivity contribution in [1.82, 2.24) is 4.90 Å². The summed E-state index contributed by atoms with van der Waals surface area (Å²) < 4.78 is 0. The fourth-order valence-electron chi connectivity index (χ4n) is 2.54. The fraction of sp³-hybridized carbons (Fsp3) is 0.562. The molecule has 2 rings (SSSR count). The molecule has 1 aliphatic rings. The molecule has 1 saturated heterocycles. The molecule has 3 heteroatoms. The van der Waals surface area contributed by atoms with E-state index in [-0.39, 0.29) is 12.0 Å². The lowest BCUT2D eigenvalue weighted by Crippen LogP contribution is -2.46. The van der Waals surface area contributed by atoms with Crippen LogP contribution in [0.15, 0.2) is 18.2 Å². The number of aliphatic hydroxyl groups excluding tert-OH is 1. The molecule has 2 unspecified atom stereocenters. The Labute approximate surface area is 115 Å². The molecule has 1 aromatic rings. The van der Waals surface area contributed by atoms with Gasteiger partial charge < -0.3 is 10.0 Å². The van der Waals surface area contributed by atoms with Crippen LogP contribution in [0.5, 0.6) is 0 Å². The van der Waals surface area contributed by atoms with Gasteiger partial charge >= 0.3 is 0 Å². The summed E-state index contributed by atoms with van der Waals surface area (Å²) in [5.41, 5.74) is 3.43. The van der Waals surface area contributed by atoms with Crippen LogP contribution in [0, 0.1) is 19.8 Å². The Kier molecular flexibility index (Phi) is 4.25. The first kappa shape index (κ1) is 14.1. The van der Waals surface area contributed by atoms with Crippen molar-refractivity contribution >= 4 is 5.91 Å². The van der Waals surface area contributed by atoms with Crippen LogP contribution in [0.1, 0.15) is 30.0 Å². The highest BCUT2D eigenvalue weighted by atomic mass is 16.3. The highest BCUT2D eigenvalue weighted by Gasteiger charge is 2.27. The number of piperidine rings is 1. The molecule has 3 nitrogen and oxygen atoms in total. The molecular weight excluding hydrogens is 238 g/mol. The highest BCUT2D eigenvalue weighted by Crippen LogP contribution is 2.19. The minimum atomic E-state index is -0.378. The van der Waals surface area contributed by atoms with Crippen LogP contribution >= 0.6 is 0 Å². The Morgan fingerprint density at radius 3 is 2.84 bits per heavy atom. The first-order valence-corrected chi connectivity index (χ1v) is 6.99. The molecule has 0 bridgehead atoms. The number of aliphatic hydroxyl groups is 1. The fourth-order valence-corrected chi connectivity index (χ4v) is 2.54. The summed E-state index contributed by atoms with van der Waals surface area (Å²) in [5, 5.41) is 9.87. The van der Waals surface area contributed by atoms with E-state index in [1.165, 1.54) is 5.56 Å². The summed E-state index contributed by atoms with van der Waals surface area (Å²) >= 11 is 0. The van der Waals surface area contributed by atoms with Gasteiger partial charge in [0.2, 0.25) is 5.91 Å². The van der Waals surface area contributed by atoms with Gasteiger partial charge in [-0.05, 0) is 37.3 Å². The quantitative estimate of drug-likeness (QED) is 0.885. The van der Waals surface area contributed by atoms with Crippen LogP contribution in [0.2, 0.25) is 0 Å². The van der Waals surface area contributed by atoms with Gasteiger partial charge in [-0.15, -0.1) is 0 Å². The van der Waals surface area contributed by atoms with Crippen molar-refractivity contribution in [3.05, 3.63) is 34.9 Å². The summed E-state index contributed by atoms with van der Waals surface area (Å²) in [7, 11) is 0. The van der Waals surface area contributed by atoms with Gasteiger partial charge in [0.05, 0.1) is 12.5 Å². The van der Waals surface area contributed by atoms with Crippen molar-refractivity contribution < 1.29 is 9.90 Å². The van der Waals surface area contributed by atoms with Crippen LogP contribution in [0.25, 0.3) is 0 Å². The van der Waals surface area contributed by atoms with Crippen LogP contribution in [-0.2, 0) is 11.2 Å². The summed E-state index contributed by atoms with van der Waals surface area (Å²) in [4.78, 5) is 14.1. The number of likely N-dealkylation sites (tertiary alicyclic amines) is 1. The van der Waals surface area contributed by atoms with Gasteiger partial charge in [-0.1, -0.05) is 30.7 Å². The number of aryl methyl sites for hydroxylation is 2. The van der Waals surface area contributed by atoms with Crippen LogP contribution in [0.4, 0.5) is 0 Å². The predicted molar refractivity (Wildman–Crippen MR) is 76.0 cm³/mol. The van der Waals surface area contributed by atoms with Gasteiger partial charge in [0.1, 0.15) is 0 Å². The third-order valence-corrected chi connectivity index (χ3v) is 4.12. The second kappa shape index (κ2) is 5.74. The minimum absolute atomic E-state index is 0.125. The largest absolute Gasteiger partial charge is 0.391 e. The van der Waals surface area contributed by atoms with Crippen LogP contribution in [-0.4, -0.2) is 35.1 Å². The standard InChI is InChI=1S/C16H23NO2/c1-11-4-5-12(2)14(8-11)9-16(19)17-7-6-13(3)15(18)10-17/h4-5,8,13,15,18H,6-7,9-10H2,1-3H3. The maximum atomic E-state index is 12.3. The van der Waals surface area contributed by atoms with E-state index in [2.05, 4.69) is 18.2 Å². The number of β-amino-alcohol motifs (C(OH)–C–C–N with tert-alkyl or cyclic N) is 1. The molecule has 0 aromatic heterocycles. The molecule has 0 aliphatic carbocycles. The monoisotopic (exact) mass is 261 g/mol. The Morgan fingerprint density at radius 2 is 2.16 bits per heavy atom. The van der Waals surface area contributed by atoms with Crippen molar-refractivity contribution in [1.29, 1.82) is 0 Å². The van der Waals surface area contributed by atoms with E-state index in [1.807, 2.05) is 20.8 Å². The molecule has 1 fully saturated rings. The molecule has 1 amide bonds. The first-order chi connectivity index (χ1) is 8.97. The van der Waals surface area contributed by atoms with E-state index in [9.17, 15) is 9.90 Å². The smallest absolute Gasteiger partial charge is 0.227 e. The molecular formula is C16H23NO2. The zero-order valence-corrected chi connectivity index (χ0v) is 12.0. The zero-order valence-electron chi connectivity index (χ0n) is 12.0. The molecule has 0 spiro atoms. The lowest BCUT2D eigenvalue weighted by Gasteiger charge is -2.34. The molecule has 104 valence electrons. The van der Waals surface area contributed by atoms with Crippen LogP contribution < -0.4 is 0 Å². The molecule has 1 heterocycles. The SMILES string of the molecule is Cc1ccc(C)c(CC(=O)N2CCC(C)C(O)C2)c1. The molecule has 0 saturated carbocycles. The van der Waals surface area contributed by atoms with Gasteiger partial charge in [0.25, 0.3) is 0 Å². The molecule has 1 aromatic carbocycles. The maximum Gasteiger partial charge on any atom is 0.227 e. The van der Waals surface area contributed by atoms with Crippen LogP contribution in [0.3, 0.4) is 0 Å². The minimum Gasteiger partial charge on any atom is -0.391 e. The molecule has 1 N–H and O–H groups in total. The van der Waals surface area contributed by atoms with E-state index < -0.39 is 0 Å². The van der Waals surface area contributed by atoms with Crippen molar-refractivity contribution in [2.45, 2.75) is 39.7 Å². The summed E-state index contributed by atoms with van der Waals surface area (Å²) in [5.74, 6) is 0.421. The van der Waals surface area contributed by atoms with E-state index >= 15 is 0 Å². The number of rotatable bonds is 2. The lowest BCUT2D eigenvalue weighted by molar-refractivity contribution is -0.134. The second-order valence-corrected chi connectivity index (χ2v) is 5.78. The number of amides is 1. The Morgan fingerprint density at radius 1 is 1.42 bits per heavy atom. The van der Waals surface area contributed by atoms with Crippen molar-refractivity contribution in [2.24, 2.45) is 5.92 Å². The second-order valence-electron chi connectivity index (χ2n) is 5.78. The third kappa shape index (κ3) is 3.35. The van der Waals surface area contributed by atoms with Crippen molar-refractivity contribution in [2.75, 3.05) is 13.1 Å². The molecule has 2 atom stereocenters. The number of carbonyl (C=O) groups excluding carboxylic acids is 1. The number of hydrogen-bond donors (Lipinski definition) is 1. The van der Waals surface area contributed by atoms with E-state index in [4.69, 9.17) is 0 Å². The third-order valence-electron chi connectivity index (χ3n) is 4.12. The van der Waals surface area contributed by atoms with Gasteiger partial charge in [-0.3, -0.25) is 4.79 Å². The predicted octanol–water partition coefficient (Wildman–Crippen LogP) is 2.08. The molecule has 19 heavy (non-hydrogen) atoms. The number of benzene rings is 1. The zero-order chi connectivity index (χ0) is 14.0. The highest BCUT2D eigenvalue weighted by molar-refractivity contribution is 5.79. The van der Waals surface area contributed by atoms with Gasteiger partial charge in [0, 0.05) is 13.1 Å². The Bertz CT molecular complexity index is 470. The van der Waals surface area contributed by atoms with Gasteiger partial charge in [-0.2, -0.15) is 0 Å². The molecule has 0 radical (unpaired) electrons. The normalized spacial score (nSPS) is 23.5. The number of nitrogens with zero attached hydrogens (tertiary/aromatic N) is 1. The first-order valence-electron chi connectivity index (χ1n) is 6.99.